The highest BCUT2D eigenvalue weighted by Gasteiger charge is 2.07. The Kier molecular flexibility index (Phi) is 6.44. The molecule has 0 atom stereocenters. The van der Waals surface area contributed by atoms with Crippen LogP contribution in [-0.2, 0) is 10.5 Å². The van der Waals surface area contributed by atoms with Crippen LogP contribution in [0.4, 0.5) is 5.13 Å². The SMILES string of the molecule is Cc1cccc(CSc2nnc(NC(=O)/C=C/c3ccccc3Cl)s2)c1. The number of hydrogen-bond acceptors (Lipinski definition) is 5. The summed E-state index contributed by atoms with van der Waals surface area (Å²) in [4.78, 5) is 12.0. The van der Waals surface area contributed by atoms with Crippen molar-refractivity contribution in [3.05, 3.63) is 76.3 Å². The molecule has 0 aliphatic heterocycles. The molecule has 0 aliphatic rings. The van der Waals surface area contributed by atoms with Crippen molar-refractivity contribution in [3.63, 3.8) is 0 Å². The van der Waals surface area contributed by atoms with Crippen LogP contribution >= 0.6 is 34.7 Å². The number of hydrogen-bond donors (Lipinski definition) is 1. The smallest absolute Gasteiger partial charge is 0.250 e. The van der Waals surface area contributed by atoms with Gasteiger partial charge in [0.2, 0.25) is 11.0 Å². The van der Waals surface area contributed by atoms with Crippen LogP contribution < -0.4 is 5.32 Å². The number of carbonyl (C=O) groups is 1. The quantitative estimate of drug-likeness (QED) is 0.339. The van der Waals surface area contributed by atoms with Gasteiger partial charge in [-0.1, -0.05) is 82.7 Å². The van der Waals surface area contributed by atoms with E-state index in [0.29, 0.717) is 10.2 Å². The Bertz CT molecular complexity index is 940. The molecule has 1 aromatic heterocycles. The molecule has 3 rings (SSSR count). The lowest BCUT2D eigenvalue weighted by Crippen LogP contribution is -2.07. The number of rotatable bonds is 6. The maximum absolute atomic E-state index is 12.0. The minimum atomic E-state index is -0.267. The van der Waals surface area contributed by atoms with Crippen LogP contribution in [0, 0.1) is 6.92 Å². The Morgan fingerprint density at radius 3 is 2.88 bits per heavy atom. The first-order valence-electron chi connectivity index (χ1n) is 7.85. The zero-order valence-corrected chi connectivity index (χ0v) is 16.4. The van der Waals surface area contributed by atoms with E-state index in [0.717, 1.165) is 15.7 Å². The fourth-order valence-electron chi connectivity index (χ4n) is 2.19. The third kappa shape index (κ3) is 5.42. The summed E-state index contributed by atoms with van der Waals surface area (Å²) in [5.74, 6) is 0.549. The normalized spacial score (nSPS) is 11.0. The average Bonchev–Trinajstić information content (AvgIpc) is 3.07. The predicted molar refractivity (Wildman–Crippen MR) is 110 cm³/mol. The molecule has 1 heterocycles. The van der Waals surface area contributed by atoms with E-state index in [4.69, 9.17) is 11.6 Å². The monoisotopic (exact) mass is 401 g/mol. The number of benzene rings is 2. The summed E-state index contributed by atoms with van der Waals surface area (Å²) in [7, 11) is 0. The summed E-state index contributed by atoms with van der Waals surface area (Å²) in [6, 6.07) is 15.7. The number of aromatic nitrogens is 2. The molecule has 0 fully saturated rings. The summed E-state index contributed by atoms with van der Waals surface area (Å²) >= 11 is 9.02. The van der Waals surface area contributed by atoms with Gasteiger partial charge in [0.25, 0.3) is 0 Å². The summed E-state index contributed by atoms with van der Waals surface area (Å²) in [5, 5.41) is 11.9. The Balaban J connectivity index is 1.54. The molecule has 0 aliphatic carbocycles. The minimum absolute atomic E-state index is 0.267. The van der Waals surface area contributed by atoms with E-state index < -0.39 is 0 Å². The maximum Gasteiger partial charge on any atom is 0.250 e. The molecule has 2 aromatic carbocycles. The number of carbonyl (C=O) groups excluding carboxylic acids is 1. The second-order valence-corrected chi connectivity index (χ2v) is 8.10. The first-order valence-corrected chi connectivity index (χ1v) is 10.0. The van der Waals surface area contributed by atoms with E-state index in [1.54, 1.807) is 23.9 Å². The zero-order valence-electron chi connectivity index (χ0n) is 14.0. The van der Waals surface area contributed by atoms with Crippen LogP contribution in [0.25, 0.3) is 6.08 Å². The fraction of sp³-hybridized carbons (Fsp3) is 0.105. The lowest BCUT2D eigenvalue weighted by molar-refractivity contribution is -0.111. The maximum atomic E-state index is 12.0. The molecule has 0 unspecified atom stereocenters. The van der Waals surface area contributed by atoms with Crippen molar-refractivity contribution >= 4 is 51.8 Å². The number of nitrogens with zero attached hydrogens (tertiary/aromatic N) is 2. The van der Waals surface area contributed by atoms with Gasteiger partial charge in [-0.25, -0.2) is 0 Å². The molecular weight excluding hydrogens is 386 g/mol. The topological polar surface area (TPSA) is 54.9 Å². The zero-order chi connectivity index (χ0) is 18.4. The summed E-state index contributed by atoms with van der Waals surface area (Å²) in [6.07, 6.45) is 3.11. The van der Waals surface area contributed by atoms with E-state index in [1.165, 1.54) is 28.5 Å². The number of anilines is 1. The van der Waals surface area contributed by atoms with Gasteiger partial charge in [-0.2, -0.15) is 0 Å². The molecule has 3 aromatic rings. The van der Waals surface area contributed by atoms with Crippen molar-refractivity contribution in [2.45, 2.75) is 17.0 Å². The molecule has 0 saturated heterocycles. The molecule has 0 radical (unpaired) electrons. The number of aryl methyl sites for hydroxylation is 1. The molecule has 1 amide bonds. The third-order valence-electron chi connectivity index (χ3n) is 3.40. The van der Waals surface area contributed by atoms with Crippen LogP contribution in [0.3, 0.4) is 0 Å². The summed E-state index contributed by atoms with van der Waals surface area (Å²) in [5.41, 5.74) is 3.26. The van der Waals surface area contributed by atoms with Crippen molar-refractivity contribution in [3.8, 4) is 0 Å². The predicted octanol–water partition coefficient (Wildman–Crippen LogP) is 5.44. The van der Waals surface area contributed by atoms with Crippen LogP contribution in [0.15, 0.2) is 58.9 Å². The van der Waals surface area contributed by atoms with Gasteiger partial charge in [0.15, 0.2) is 4.34 Å². The van der Waals surface area contributed by atoms with Gasteiger partial charge in [0.1, 0.15) is 0 Å². The van der Waals surface area contributed by atoms with E-state index in [-0.39, 0.29) is 5.91 Å². The van der Waals surface area contributed by atoms with Crippen molar-refractivity contribution in [2.75, 3.05) is 5.32 Å². The Hall–Kier alpha value is -2.15. The number of amides is 1. The third-order valence-corrected chi connectivity index (χ3v) is 5.79. The van der Waals surface area contributed by atoms with Gasteiger partial charge >= 0.3 is 0 Å². The molecule has 0 spiro atoms. The van der Waals surface area contributed by atoms with E-state index in [9.17, 15) is 4.79 Å². The molecule has 7 heteroatoms. The van der Waals surface area contributed by atoms with Gasteiger partial charge in [0, 0.05) is 16.9 Å². The molecule has 0 bridgehead atoms. The van der Waals surface area contributed by atoms with Crippen LogP contribution in [0.5, 0.6) is 0 Å². The average molecular weight is 402 g/mol. The highest BCUT2D eigenvalue weighted by Crippen LogP contribution is 2.28. The number of thioether (sulfide) groups is 1. The number of halogens is 1. The van der Waals surface area contributed by atoms with Crippen LogP contribution in [0.1, 0.15) is 16.7 Å². The Morgan fingerprint density at radius 2 is 2.08 bits per heavy atom. The molecule has 4 nitrogen and oxygen atoms in total. The van der Waals surface area contributed by atoms with Crippen LogP contribution in [-0.4, -0.2) is 16.1 Å². The second-order valence-electron chi connectivity index (χ2n) is 5.49. The van der Waals surface area contributed by atoms with Gasteiger partial charge in [0.05, 0.1) is 0 Å². The van der Waals surface area contributed by atoms with Gasteiger partial charge in [-0.15, -0.1) is 10.2 Å². The van der Waals surface area contributed by atoms with Gasteiger partial charge < -0.3 is 0 Å². The summed E-state index contributed by atoms with van der Waals surface area (Å²) in [6.45, 7) is 2.07. The lowest BCUT2D eigenvalue weighted by Gasteiger charge is -1.99. The Morgan fingerprint density at radius 1 is 1.23 bits per heavy atom. The van der Waals surface area contributed by atoms with Crippen molar-refractivity contribution in [1.82, 2.24) is 10.2 Å². The highest BCUT2D eigenvalue weighted by atomic mass is 35.5. The van der Waals surface area contributed by atoms with Crippen LogP contribution in [0.2, 0.25) is 5.02 Å². The highest BCUT2D eigenvalue weighted by molar-refractivity contribution is 8.00. The summed E-state index contributed by atoms with van der Waals surface area (Å²) < 4.78 is 0.817. The van der Waals surface area contributed by atoms with E-state index in [1.807, 2.05) is 24.3 Å². The largest absolute Gasteiger partial charge is 0.297 e. The van der Waals surface area contributed by atoms with Crippen molar-refractivity contribution in [2.24, 2.45) is 0 Å². The van der Waals surface area contributed by atoms with Crippen molar-refractivity contribution < 1.29 is 4.79 Å². The molecule has 0 saturated carbocycles. The first kappa shape index (κ1) is 18.6. The molecule has 26 heavy (non-hydrogen) atoms. The lowest BCUT2D eigenvalue weighted by atomic mass is 10.2. The number of nitrogens with one attached hydrogen (secondary N) is 1. The van der Waals surface area contributed by atoms with Crippen molar-refractivity contribution in [1.29, 1.82) is 0 Å². The minimum Gasteiger partial charge on any atom is -0.297 e. The second kappa shape index (κ2) is 8.98. The molecule has 1 N–H and O–H groups in total. The Labute approximate surface area is 165 Å². The van der Waals surface area contributed by atoms with E-state index in [2.05, 4.69) is 40.6 Å². The van der Waals surface area contributed by atoms with Gasteiger partial charge in [-0.05, 0) is 30.2 Å². The van der Waals surface area contributed by atoms with Gasteiger partial charge in [-0.3, -0.25) is 10.1 Å². The van der Waals surface area contributed by atoms with E-state index >= 15 is 0 Å². The molecular formula is C19H16ClN3OS2. The first-order chi connectivity index (χ1) is 12.6. The molecule has 132 valence electrons. The fourth-order valence-corrected chi connectivity index (χ4v) is 4.08. The standard InChI is InChI=1S/C19H16ClN3OS2/c1-13-5-4-6-14(11-13)12-25-19-23-22-18(26-19)21-17(24)10-9-15-7-2-3-8-16(15)20/h2-11H,12H2,1H3,(H,21,22,24)/b10-9+.